The van der Waals surface area contributed by atoms with Crippen LogP contribution in [0.3, 0.4) is 0 Å². The zero-order chi connectivity index (χ0) is 10.6. The molecule has 0 radical (unpaired) electrons. The molecule has 1 aromatic heterocycles. The minimum Gasteiger partial charge on any atom is -0.481 e. The van der Waals surface area contributed by atoms with Crippen molar-refractivity contribution in [2.45, 2.75) is 19.1 Å². The highest BCUT2D eigenvalue weighted by Gasteiger charge is 2.06. The second-order valence-corrected chi connectivity index (χ2v) is 3.79. The van der Waals surface area contributed by atoms with E-state index in [1.165, 1.54) is 11.8 Å². The summed E-state index contributed by atoms with van der Waals surface area (Å²) in [5.41, 5.74) is 0. The summed E-state index contributed by atoms with van der Waals surface area (Å²) in [4.78, 5) is 14.5. The van der Waals surface area contributed by atoms with Crippen molar-refractivity contribution in [2.24, 2.45) is 7.05 Å². The predicted molar refractivity (Wildman–Crippen MR) is 54.2 cm³/mol. The third-order valence-electron chi connectivity index (χ3n) is 1.67. The van der Waals surface area contributed by atoms with E-state index >= 15 is 0 Å². The summed E-state index contributed by atoms with van der Waals surface area (Å²) in [7, 11) is 1.82. The number of hydrogen-bond acceptors (Lipinski definition) is 4. The summed E-state index contributed by atoms with van der Waals surface area (Å²) < 4.78 is 1.70. The van der Waals surface area contributed by atoms with E-state index < -0.39 is 5.97 Å². The van der Waals surface area contributed by atoms with Gasteiger partial charge in [-0.15, -0.1) is 11.8 Å². The van der Waals surface area contributed by atoms with Crippen LogP contribution in [0, 0.1) is 0 Å². The summed E-state index contributed by atoms with van der Waals surface area (Å²) in [6, 6.07) is 0. The van der Waals surface area contributed by atoms with Crippen molar-refractivity contribution in [2.75, 3.05) is 5.75 Å². The summed E-state index contributed by atoms with van der Waals surface area (Å²) in [5, 5.41) is 12.6. The van der Waals surface area contributed by atoms with Crippen LogP contribution in [-0.4, -0.2) is 31.6 Å². The standard InChI is InChI=1S/C8H13N3O2S/c1-3-6-9-7(11(2)10-6)4-14-5-8(12)13/h3-5H2,1-2H3,(H,12,13). The van der Waals surface area contributed by atoms with Crippen LogP contribution in [-0.2, 0) is 24.0 Å². The number of nitrogens with zero attached hydrogens (tertiary/aromatic N) is 3. The Balaban J connectivity index is 2.49. The molecule has 1 aromatic rings. The fraction of sp³-hybridized carbons (Fsp3) is 0.625. The van der Waals surface area contributed by atoms with Gasteiger partial charge in [-0.2, -0.15) is 5.10 Å². The molecule has 78 valence electrons. The van der Waals surface area contributed by atoms with Gasteiger partial charge >= 0.3 is 5.97 Å². The van der Waals surface area contributed by atoms with Gasteiger partial charge in [-0.1, -0.05) is 6.92 Å². The van der Waals surface area contributed by atoms with Crippen molar-refractivity contribution in [1.29, 1.82) is 0 Å². The molecule has 0 amide bonds. The average molecular weight is 215 g/mol. The maximum absolute atomic E-state index is 10.3. The van der Waals surface area contributed by atoms with Crippen molar-refractivity contribution in [1.82, 2.24) is 14.8 Å². The summed E-state index contributed by atoms with van der Waals surface area (Å²) in [6.07, 6.45) is 0.803. The molecule has 6 heteroatoms. The van der Waals surface area contributed by atoms with Crippen LogP contribution in [0.15, 0.2) is 0 Å². The van der Waals surface area contributed by atoms with Gasteiger partial charge in [0.1, 0.15) is 5.82 Å². The number of thioether (sulfide) groups is 1. The van der Waals surface area contributed by atoms with Crippen LogP contribution in [0.4, 0.5) is 0 Å². The molecule has 0 aliphatic heterocycles. The molecule has 0 saturated carbocycles. The topological polar surface area (TPSA) is 68.0 Å². The first kappa shape index (κ1) is 11.0. The molecule has 0 unspecified atom stereocenters. The van der Waals surface area contributed by atoms with E-state index in [1.54, 1.807) is 4.68 Å². The highest BCUT2D eigenvalue weighted by Crippen LogP contribution is 2.09. The Morgan fingerprint density at radius 2 is 2.36 bits per heavy atom. The molecule has 1 rings (SSSR count). The molecule has 0 spiro atoms. The molecule has 0 aliphatic carbocycles. The fourth-order valence-corrected chi connectivity index (χ4v) is 1.69. The average Bonchev–Trinajstić information content (AvgIpc) is 2.47. The lowest BCUT2D eigenvalue weighted by Gasteiger charge is -1.97. The van der Waals surface area contributed by atoms with Crippen LogP contribution in [0.25, 0.3) is 0 Å². The van der Waals surface area contributed by atoms with E-state index in [0.717, 1.165) is 18.1 Å². The number of rotatable bonds is 5. The molecule has 14 heavy (non-hydrogen) atoms. The Bertz CT molecular complexity index is 324. The molecule has 0 atom stereocenters. The molecular weight excluding hydrogens is 202 g/mol. The Hall–Kier alpha value is -1.04. The summed E-state index contributed by atoms with van der Waals surface area (Å²) in [5.74, 6) is 1.53. The van der Waals surface area contributed by atoms with Gasteiger partial charge in [0.2, 0.25) is 0 Å². The molecule has 0 bridgehead atoms. The highest BCUT2D eigenvalue weighted by molar-refractivity contribution is 7.99. The number of aromatic nitrogens is 3. The Morgan fingerprint density at radius 1 is 1.64 bits per heavy atom. The molecule has 1 heterocycles. The van der Waals surface area contributed by atoms with Crippen LogP contribution in [0.5, 0.6) is 0 Å². The molecule has 0 saturated heterocycles. The van der Waals surface area contributed by atoms with E-state index in [2.05, 4.69) is 10.1 Å². The van der Waals surface area contributed by atoms with Crippen LogP contribution < -0.4 is 0 Å². The minimum atomic E-state index is -0.798. The molecule has 1 N–H and O–H groups in total. The second-order valence-electron chi connectivity index (χ2n) is 2.81. The third-order valence-corrected chi connectivity index (χ3v) is 2.58. The number of carboxylic acids is 1. The Labute approximate surface area is 86.5 Å². The number of carboxylic acid groups (broad SMARTS) is 1. The first-order valence-electron chi connectivity index (χ1n) is 4.31. The summed E-state index contributed by atoms with van der Waals surface area (Å²) in [6.45, 7) is 1.99. The predicted octanol–water partition coefficient (Wildman–Crippen LogP) is 0.695. The zero-order valence-electron chi connectivity index (χ0n) is 8.23. The normalized spacial score (nSPS) is 10.4. The second kappa shape index (κ2) is 4.99. The quantitative estimate of drug-likeness (QED) is 0.783. The highest BCUT2D eigenvalue weighted by atomic mass is 32.2. The van der Waals surface area contributed by atoms with Gasteiger partial charge in [-0.05, 0) is 0 Å². The molecule has 0 aromatic carbocycles. The first-order chi connectivity index (χ1) is 6.63. The lowest BCUT2D eigenvalue weighted by atomic mass is 10.5. The van der Waals surface area contributed by atoms with Crippen LogP contribution in [0.1, 0.15) is 18.6 Å². The fourth-order valence-electron chi connectivity index (χ4n) is 0.980. The minimum absolute atomic E-state index is 0.105. The summed E-state index contributed by atoms with van der Waals surface area (Å²) >= 11 is 1.33. The number of hydrogen-bond donors (Lipinski definition) is 1. The molecule has 0 fully saturated rings. The number of aliphatic carboxylic acids is 1. The molecular formula is C8H13N3O2S. The zero-order valence-corrected chi connectivity index (χ0v) is 9.04. The van der Waals surface area contributed by atoms with E-state index in [0.29, 0.717) is 5.75 Å². The third kappa shape index (κ3) is 3.02. The van der Waals surface area contributed by atoms with E-state index in [-0.39, 0.29) is 5.75 Å². The lowest BCUT2D eigenvalue weighted by Crippen LogP contribution is -2.01. The van der Waals surface area contributed by atoms with Gasteiger partial charge in [0.05, 0.1) is 11.5 Å². The van der Waals surface area contributed by atoms with Gasteiger partial charge in [0, 0.05) is 13.5 Å². The van der Waals surface area contributed by atoms with Gasteiger partial charge in [-0.3, -0.25) is 9.48 Å². The monoisotopic (exact) mass is 215 g/mol. The number of carbonyl (C=O) groups is 1. The van der Waals surface area contributed by atoms with Crippen LogP contribution >= 0.6 is 11.8 Å². The first-order valence-corrected chi connectivity index (χ1v) is 5.47. The van der Waals surface area contributed by atoms with Gasteiger partial charge in [0.25, 0.3) is 0 Å². The van der Waals surface area contributed by atoms with E-state index in [9.17, 15) is 4.79 Å². The van der Waals surface area contributed by atoms with E-state index in [4.69, 9.17) is 5.11 Å². The van der Waals surface area contributed by atoms with Crippen molar-refractivity contribution < 1.29 is 9.90 Å². The largest absolute Gasteiger partial charge is 0.481 e. The van der Waals surface area contributed by atoms with Gasteiger partial charge < -0.3 is 5.11 Å². The van der Waals surface area contributed by atoms with Gasteiger partial charge in [0.15, 0.2) is 5.82 Å². The van der Waals surface area contributed by atoms with Crippen molar-refractivity contribution >= 4 is 17.7 Å². The Morgan fingerprint density at radius 3 is 2.86 bits per heavy atom. The maximum atomic E-state index is 10.3. The van der Waals surface area contributed by atoms with E-state index in [1.807, 2.05) is 14.0 Å². The maximum Gasteiger partial charge on any atom is 0.313 e. The Kier molecular flexibility index (Phi) is 3.94. The molecule has 5 nitrogen and oxygen atoms in total. The SMILES string of the molecule is CCc1nc(CSCC(=O)O)n(C)n1. The smallest absolute Gasteiger partial charge is 0.313 e. The van der Waals surface area contributed by atoms with Crippen molar-refractivity contribution in [3.8, 4) is 0 Å². The van der Waals surface area contributed by atoms with Crippen molar-refractivity contribution in [3.05, 3.63) is 11.6 Å². The molecule has 0 aliphatic rings. The van der Waals surface area contributed by atoms with Gasteiger partial charge in [-0.25, -0.2) is 4.98 Å². The van der Waals surface area contributed by atoms with Crippen LogP contribution in [0.2, 0.25) is 0 Å². The number of aryl methyl sites for hydroxylation is 2. The van der Waals surface area contributed by atoms with Crippen molar-refractivity contribution in [3.63, 3.8) is 0 Å². The lowest BCUT2D eigenvalue weighted by molar-refractivity contribution is -0.133.